The molecule has 0 atom stereocenters. The van der Waals surface area contributed by atoms with E-state index in [4.69, 9.17) is 5.14 Å². The van der Waals surface area contributed by atoms with Gasteiger partial charge < -0.3 is 0 Å². The third-order valence-electron chi connectivity index (χ3n) is 2.94. The fourth-order valence-corrected chi connectivity index (χ4v) is 2.13. The highest BCUT2D eigenvalue weighted by molar-refractivity contribution is 7.87. The molecule has 2 rings (SSSR count). The number of rotatable bonds is 2. The first-order valence-corrected chi connectivity index (χ1v) is 6.11. The van der Waals surface area contributed by atoms with E-state index in [2.05, 4.69) is 6.92 Å². The first-order chi connectivity index (χ1) is 6.42. The van der Waals surface area contributed by atoms with Gasteiger partial charge in [0, 0.05) is 12.4 Å². The van der Waals surface area contributed by atoms with Gasteiger partial charge in [0.05, 0.1) is 0 Å². The quantitative estimate of drug-likeness (QED) is 0.748. The minimum Gasteiger partial charge on any atom is -0.241 e. The normalized spacial score (nSPS) is 24.7. The summed E-state index contributed by atoms with van der Waals surface area (Å²) in [5.41, 5.74) is 1.38. The molecule has 0 unspecified atom stereocenters. The van der Waals surface area contributed by atoms with Crippen molar-refractivity contribution in [2.24, 2.45) is 10.6 Å². The average molecular weight is 214 g/mol. The molecule has 0 amide bonds. The molecule has 1 aliphatic carbocycles. The molecule has 5 heteroatoms. The molecule has 0 aromatic heterocycles. The molecule has 0 aromatic rings. The molecule has 1 aliphatic heterocycles. The highest BCUT2D eigenvalue weighted by atomic mass is 32.2. The van der Waals surface area contributed by atoms with Crippen LogP contribution in [-0.4, -0.2) is 12.7 Å². The van der Waals surface area contributed by atoms with Gasteiger partial charge in [0.25, 0.3) is 0 Å². The summed E-state index contributed by atoms with van der Waals surface area (Å²) >= 11 is 0. The van der Waals surface area contributed by atoms with Gasteiger partial charge in [-0.15, -0.1) is 0 Å². The van der Waals surface area contributed by atoms with E-state index < -0.39 is 10.2 Å². The predicted octanol–water partition coefficient (Wildman–Crippen LogP) is 1.09. The molecule has 14 heavy (non-hydrogen) atoms. The molecule has 0 radical (unpaired) electrons. The van der Waals surface area contributed by atoms with Gasteiger partial charge >= 0.3 is 10.2 Å². The van der Waals surface area contributed by atoms with Gasteiger partial charge in [-0.05, 0) is 30.3 Å². The van der Waals surface area contributed by atoms with Gasteiger partial charge in [0.1, 0.15) is 0 Å². The smallest absolute Gasteiger partial charge is 0.241 e. The van der Waals surface area contributed by atoms with Crippen molar-refractivity contribution in [2.45, 2.75) is 26.2 Å². The Morgan fingerprint density at radius 2 is 2.14 bits per heavy atom. The maximum Gasteiger partial charge on any atom is 0.302 e. The Hall–Kier alpha value is -0.810. The van der Waals surface area contributed by atoms with Crippen molar-refractivity contribution in [3.8, 4) is 0 Å². The first-order valence-electron chi connectivity index (χ1n) is 4.61. The number of hydrogen-bond acceptors (Lipinski definition) is 2. The van der Waals surface area contributed by atoms with E-state index in [9.17, 15) is 8.42 Å². The second-order valence-electron chi connectivity index (χ2n) is 4.18. The molecule has 0 spiro atoms. The lowest BCUT2D eigenvalue weighted by Gasteiger charge is -2.22. The molecular formula is C9H14N2O2S. The van der Waals surface area contributed by atoms with Crippen LogP contribution in [0, 0.1) is 5.41 Å². The van der Waals surface area contributed by atoms with E-state index in [0.29, 0.717) is 0 Å². The number of allylic oxidation sites excluding steroid dienone is 2. The average Bonchev–Trinajstić information content (AvgIpc) is 2.84. The Bertz CT molecular complexity index is 405. The van der Waals surface area contributed by atoms with Crippen LogP contribution in [0.3, 0.4) is 0 Å². The van der Waals surface area contributed by atoms with Gasteiger partial charge in [0.2, 0.25) is 0 Å². The van der Waals surface area contributed by atoms with Gasteiger partial charge in [-0.2, -0.15) is 8.42 Å². The third-order valence-corrected chi connectivity index (χ3v) is 3.76. The molecule has 1 fully saturated rings. The number of hydrogen-bond donors (Lipinski definition) is 1. The summed E-state index contributed by atoms with van der Waals surface area (Å²) in [6, 6.07) is 0. The SMILES string of the molecule is CC1(C2=CN(S(N)(=O)=O)C=CC2)CC1. The summed E-state index contributed by atoms with van der Waals surface area (Å²) in [5.74, 6) is 0. The summed E-state index contributed by atoms with van der Waals surface area (Å²) in [4.78, 5) is 0. The van der Waals surface area contributed by atoms with Crippen molar-refractivity contribution < 1.29 is 8.42 Å². The zero-order chi connectivity index (χ0) is 10.4. The fraction of sp³-hybridized carbons (Fsp3) is 0.556. The maximum atomic E-state index is 11.1. The van der Waals surface area contributed by atoms with Crippen LogP contribution < -0.4 is 5.14 Å². The molecule has 1 heterocycles. The van der Waals surface area contributed by atoms with Gasteiger partial charge in [-0.25, -0.2) is 9.44 Å². The summed E-state index contributed by atoms with van der Waals surface area (Å²) < 4.78 is 23.3. The van der Waals surface area contributed by atoms with Crippen molar-refractivity contribution in [2.75, 3.05) is 0 Å². The monoisotopic (exact) mass is 214 g/mol. The number of nitrogens with two attached hydrogens (primary N) is 1. The van der Waals surface area contributed by atoms with Crippen LogP contribution in [0.5, 0.6) is 0 Å². The molecule has 2 N–H and O–H groups in total. The van der Waals surface area contributed by atoms with E-state index in [1.54, 1.807) is 6.20 Å². The Kier molecular flexibility index (Phi) is 1.97. The Morgan fingerprint density at radius 3 is 2.64 bits per heavy atom. The van der Waals surface area contributed by atoms with E-state index in [1.165, 1.54) is 6.20 Å². The third kappa shape index (κ3) is 1.69. The topological polar surface area (TPSA) is 63.4 Å². The lowest BCUT2D eigenvalue weighted by Crippen LogP contribution is -2.30. The van der Waals surface area contributed by atoms with E-state index in [1.807, 2.05) is 6.08 Å². The molecule has 1 saturated carbocycles. The lowest BCUT2D eigenvalue weighted by molar-refractivity contribution is 0.542. The van der Waals surface area contributed by atoms with Crippen LogP contribution in [0.2, 0.25) is 0 Å². The van der Waals surface area contributed by atoms with Crippen LogP contribution in [0.4, 0.5) is 0 Å². The lowest BCUT2D eigenvalue weighted by atomic mass is 9.95. The van der Waals surface area contributed by atoms with Crippen LogP contribution in [0.1, 0.15) is 26.2 Å². The molecule has 2 aliphatic rings. The number of nitrogens with zero attached hydrogens (tertiary/aromatic N) is 1. The van der Waals surface area contributed by atoms with Crippen molar-refractivity contribution in [1.82, 2.24) is 4.31 Å². The largest absolute Gasteiger partial charge is 0.302 e. The first kappa shape index (κ1) is 9.73. The van der Waals surface area contributed by atoms with Crippen molar-refractivity contribution in [1.29, 1.82) is 0 Å². The zero-order valence-corrected chi connectivity index (χ0v) is 8.92. The van der Waals surface area contributed by atoms with E-state index in [-0.39, 0.29) is 5.41 Å². The Balaban J connectivity index is 2.27. The van der Waals surface area contributed by atoms with Crippen LogP contribution in [0.15, 0.2) is 24.0 Å². The van der Waals surface area contributed by atoms with Crippen LogP contribution in [-0.2, 0) is 10.2 Å². The molecular weight excluding hydrogens is 200 g/mol. The molecule has 78 valence electrons. The van der Waals surface area contributed by atoms with Gasteiger partial charge in [-0.3, -0.25) is 0 Å². The molecule has 0 bridgehead atoms. The van der Waals surface area contributed by atoms with Crippen molar-refractivity contribution in [3.63, 3.8) is 0 Å². The van der Waals surface area contributed by atoms with Crippen molar-refractivity contribution >= 4 is 10.2 Å². The summed E-state index contributed by atoms with van der Waals surface area (Å²) in [6.45, 7) is 2.15. The minimum absolute atomic E-state index is 0.216. The standard InChI is InChI=1S/C9H14N2O2S/c1-9(4-5-9)8-3-2-6-11(7-8)14(10,12)13/h2,6-7H,3-5H2,1H3,(H2,10,12,13). The highest BCUT2D eigenvalue weighted by Crippen LogP contribution is 2.53. The van der Waals surface area contributed by atoms with Crippen molar-refractivity contribution in [3.05, 3.63) is 24.0 Å². The summed E-state index contributed by atoms with van der Waals surface area (Å²) in [6.07, 6.45) is 8.12. The second kappa shape index (κ2) is 2.84. The summed E-state index contributed by atoms with van der Waals surface area (Å²) in [5, 5.41) is 5.04. The molecule has 4 nitrogen and oxygen atoms in total. The summed E-state index contributed by atoms with van der Waals surface area (Å²) in [7, 11) is -3.62. The second-order valence-corrected chi connectivity index (χ2v) is 5.63. The van der Waals surface area contributed by atoms with E-state index >= 15 is 0 Å². The fourth-order valence-electron chi connectivity index (χ4n) is 1.60. The van der Waals surface area contributed by atoms with Crippen LogP contribution >= 0.6 is 0 Å². The zero-order valence-electron chi connectivity index (χ0n) is 8.10. The van der Waals surface area contributed by atoms with Gasteiger partial charge in [0.15, 0.2) is 0 Å². The van der Waals surface area contributed by atoms with Crippen LogP contribution in [0.25, 0.3) is 0 Å². The molecule has 0 aromatic carbocycles. The van der Waals surface area contributed by atoms with E-state index in [0.717, 1.165) is 29.1 Å². The van der Waals surface area contributed by atoms with Gasteiger partial charge in [-0.1, -0.05) is 13.0 Å². The Labute approximate surface area is 84.3 Å². The highest BCUT2D eigenvalue weighted by Gasteiger charge is 2.41. The maximum absolute atomic E-state index is 11.1. The minimum atomic E-state index is -3.62. The Morgan fingerprint density at radius 1 is 1.50 bits per heavy atom. The predicted molar refractivity (Wildman–Crippen MR) is 54.1 cm³/mol. The molecule has 0 saturated heterocycles.